The van der Waals surface area contributed by atoms with Crippen molar-refractivity contribution in [3.8, 4) is 0 Å². The third-order valence-corrected chi connectivity index (χ3v) is 3.46. The van der Waals surface area contributed by atoms with Crippen molar-refractivity contribution in [3.63, 3.8) is 0 Å². The van der Waals surface area contributed by atoms with Gasteiger partial charge in [0.2, 0.25) is 0 Å². The molecule has 1 aromatic rings. The van der Waals surface area contributed by atoms with E-state index in [9.17, 15) is 0 Å². The molecule has 88 valence electrons. The van der Waals surface area contributed by atoms with Gasteiger partial charge in [0.25, 0.3) is 0 Å². The molecule has 1 fully saturated rings. The molecule has 0 bridgehead atoms. The number of aryl methyl sites for hydroxylation is 1. The molecule has 0 aliphatic heterocycles. The average molecular weight is 219 g/mol. The zero-order valence-corrected chi connectivity index (χ0v) is 10.2. The Morgan fingerprint density at radius 1 is 1.44 bits per heavy atom. The molecule has 2 N–H and O–H groups in total. The number of pyridine rings is 1. The third kappa shape index (κ3) is 2.60. The Labute approximate surface area is 97.7 Å². The second-order valence-electron chi connectivity index (χ2n) is 4.85. The minimum atomic E-state index is 0.342. The topological polar surface area (TPSA) is 42.1 Å². The predicted molar refractivity (Wildman–Crippen MR) is 66.1 cm³/mol. The summed E-state index contributed by atoms with van der Waals surface area (Å²) >= 11 is 0. The van der Waals surface area contributed by atoms with E-state index in [-0.39, 0.29) is 0 Å². The van der Waals surface area contributed by atoms with Gasteiger partial charge in [-0.05, 0) is 38.9 Å². The van der Waals surface area contributed by atoms with E-state index in [2.05, 4.69) is 29.1 Å². The van der Waals surface area contributed by atoms with E-state index in [4.69, 9.17) is 5.73 Å². The van der Waals surface area contributed by atoms with Crippen LogP contribution in [-0.4, -0.2) is 29.0 Å². The molecule has 3 nitrogen and oxygen atoms in total. The summed E-state index contributed by atoms with van der Waals surface area (Å²) in [6.07, 6.45) is 3.65. The maximum Gasteiger partial charge on any atom is 0.0547 e. The van der Waals surface area contributed by atoms with Gasteiger partial charge in [-0.25, -0.2) is 0 Å². The molecule has 16 heavy (non-hydrogen) atoms. The maximum absolute atomic E-state index is 6.10. The molecular weight excluding hydrogens is 198 g/mol. The van der Waals surface area contributed by atoms with Crippen molar-refractivity contribution in [2.45, 2.75) is 44.8 Å². The predicted octanol–water partition coefficient (Wildman–Crippen LogP) is 1.70. The monoisotopic (exact) mass is 219 g/mol. The molecule has 3 heteroatoms. The largest absolute Gasteiger partial charge is 0.326 e. The van der Waals surface area contributed by atoms with Crippen LogP contribution in [0.15, 0.2) is 18.2 Å². The normalized spacial score (nSPS) is 25.2. The summed E-state index contributed by atoms with van der Waals surface area (Å²) in [4.78, 5) is 6.87. The highest BCUT2D eigenvalue weighted by molar-refractivity contribution is 5.10. The van der Waals surface area contributed by atoms with Crippen LogP contribution in [0.3, 0.4) is 0 Å². The van der Waals surface area contributed by atoms with Gasteiger partial charge in [0.1, 0.15) is 0 Å². The highest BCUT2D eigenvalue weighted by Gasteiger charge is 2.27. The van der Waals surface area contributed by atoms with Crippen molar-refractivity contribution in [3.05, 3.63) is 29.6 Å². The SMILES string of the molecule is Cc1cccc(CN(C)C2CCCC2N)n1. The number of hydrogen-bond acceptors (Lipinski definition) is 3. The van der Waals surface area contributed by atoms with Crippen LogP contribution in [-0.2, 0) is 6.54 Å². The molecule has 1 heterocycles. The lowest BCUT2D eigenvalue weighted by atomic mass is 10.1. The third-order valence-electron chi connectivity index (χ3n) is 3.46. The van der Waals surface area contributed by atoms with E-state index in [1.54, 1.807) is 0 Å². The minimum absolute atomic E-state index is 0.342. The van der Waals surface area contributed by atoms with Crippen LogP contribution < -0.4 is 5.73 Å². The summed E-state index contributed by atoms with van der Waals surface area (Å²) in [5.41, 5.74) is 8.33. The lowest BCUT2D eigenvalue weighted by molar-refractivity contribution is 0.218. The Hall–Kier alpha value is -0.930. The summed E-state index contributed by atoms with van der Waals surface area (Å²) in [5, 5.41) is 0. The Morgan fingerprint density at radius 3 is 2.88 bits per heavy atom. The fraction of sp³-hybridized carbons (Fsp3) is 0.615. The number of likely N-dealkylation sites (N-methyl/N-ethyl adjacent to an activating group) is 1. The second-order valence-corrected chi connectivity index (χ2v) is 4.85. The smallest absolute Gasteiger partial charge is 0.0547 e. The lowest BCUT2D eigenvalue weighted by Crippen LogP contribution is -2.41. The van der Waals surface area contributed by atoms with Gasteiger partial charge in [-0.3, -0.25) is 9.88 Å². The quantitative estimate of drug-likeness (QED) is 0.841. The fourth-order valence-electron chi connectivity index (χ4n) is 2.58. The number of rotatable bonds is 3. The van der Waals surface area contributed by atoms with E-state index >= 15 is 0 Å². The number of nitrogens with two attached hydrogens (primary N) is 1. The van der Waals surface area contributed by atoms with Crippen LogP contribution in [0.1, 0.15) is 30.7 Å². The molecule has 2 atom stereocenters. The van der Waals surface area contributed by atoms with Crippen LogP contribution >= 0.6 is 0 Å². The second kappa shape index (κ2) is 4.93. The molecule has 0 radical (unpaired) electrons. The van der Waals surface area contributed by atoms with Crippen LogP contribution in [0, 0.1) is 6.92 Å². The molecule has 0 amide bonds. The zero-order valence-electron chi connectivity index (χ0n) is 10.2. The van der Waals surface area contributed by atoms with Crippen molar-refractivity contribution in [2.24, 2.45) is 5.73 Å². The fourth-order valence-corrected chi connectivity index (χ4v) is 2.58. The molecule has 1 aliphatic carbocycles. The van der Waals surface area contributed by atoms with Crippen molar-refractivity contribution >= 4 is 0 Å². The summed E-state index contributed by atoms with van der Waals surface area (Å²) < 4.78 is 0. The molecule has 2 unspecified atom stereocenters. The van der Waals surface area contributed by atoms with Gasteiger partial charge < -0.3 is 5.73 Å². The average Bonchev–Trinajstić information content (AvgIpc) is 2.64. The number of aromatic nitrogens is 1. The molecule has 0 spiro atoms. The number of hydrogen-bond donors (Lipinski definition) is 1. The molecule has 1 aliphatic rings. The number of nitrogens with zero attached hydrogens (tertiary/aromatic N) is 2. The highest BCUT2D eigenvalue weighted by Crippen LogP contribution is 2.22. The van der Waals surface area contributed by atoms with Gasteiger partial charge in [-0.2, -0.15) is 0 Å². The van der Waals surface area contributed by atoms with Crippen molar-refractivity contribution in [1.29, 1.82) is 0 Å². The van der Waals surface area contributed by atoms with Gasteiger partial charge in [0.15, 0.2) is 0 Å². The van der Waals surface area contributed by atoms with Crippen molar-refractivity contribution in [2.75, 3.05) is 7.05 Å². The summed E-state index contributed by atoms with van der Waals surface area (Å²) in [5.74, 6) is 0. The molecule has 0 aromatic carbocycles. The van der Waals surface area contributed by atoms with Gasteiger partial charge in [-0.1, -0.05) is 12.5 Å². The summed E-state index contributed by atoms with van der Waals surface area (Å²) in [6, 6.07) is 7.06. The van der Waals surface area contributed by atoms with E-state index in [1.165, 1.54) is 12.8 Å². The van der Waals surface area contributed by atoms with Crippen LogP contribution in [0.4, 0.5) is 0 Å². The minimum Gasteiger partial charge on any atom is -0.326 e. The Morgan fingerprint density at radius 2 is 2.25 bits per heavy atom. The first-order chi connectivity index (χ1) is 7.66. The Kier molecular flexibility index (Phi) is 3.56. The first kappa shape index (κ1) is 11.6. The van der Waals surface area contributed by atoms with Gasteiger partial charge in [0.05, 0.1) is 5.69 Å². The first-order valence-electron chi connectivity index (χ1n) is 6.05. The lowest BCUT2D eigenvalue weighted by Gasteiger charge is -2.27. The van der Waals surface area contributed by atoms with E-state index in [0.717, 1.165) is 24.4 Å². The van der Waals surface area contributed by atoms with Crippen molar-refractivity contribution in [1.82, 2.24) is 9.88 Å². The van der Waals surface area contributed by atoms with E-state index < -0.39 is 0 Å². The Balaban J connectivity index is 1.99. The van der Waals surface area contributed by atoms with Crippen LogP contribution in [0.25, 0.3) is 0 Å². The zero-order chi connectivity index (χ0) is 11.5. The maximum atomic E-state index is 6.10. The summed E-state index contributed by atoms with van der Waals surface area (Å²) in [7, 11) is 2.15. The van der Waals surface area contributed by atoms with Crippen molar-refractivity contribution < 1.29 is 0 Å². The van der Waals surface area contributed by atoms with Crippen LogP contribution in [0.2, 0.25) is 0 Å². The summed E-state index contributed by atoms with van der Waals surface area (Å²) in [6.45, 7) is 2.94. The molecule has 0 saturated heterocycles. The van der Waals surface area contributed by atoms with E-state index in [0.29, 0.717) is 12.1 Å². The molecule has 1 saturated carbocycles. The first-order valence-corrected chi connectivity index (χ1v) is 6.05. The molecule has 2 rings (SSSR count). The van der Waals surface area contributed by atoms with Crippen LogP contribution in [0.5, 0.6) is 0 Å². The highest BCUT2D eigenvalue weighted by atomic mass is 15.2. The van der Waals surface area contributed by atoms with Gasteiger partial charge in [0, 0.05) is 24.3 Å². The van der Waals surface area contributed by atoms with Gasteiger partial charge >= 0.3 is 0 Å². The van der Waals surface area contributed by atoms with E-state index in [1.807, 2.05) is 13.0 Å². The standard InChI is InChI=1S/C13H21N3/c1-10-5-3-6-11(15-10)9-16(2)13-8-4-7-12(13)14/h3,5-6,12-13H,4,7-9,14H2,1-2H3. The molecular formula is C13H21N3. The Bertz CT molecular complexity index is 351. The molecule has 1 aromatic heterocycles. The van der Waals surface area contributed by atoms with Gasteiger partial charge in [-0.15, -0.1) is 0 Å².